The number of hydrogen-bond donors (Lipinski definition) is 1. The van der Waals surface area contributed by atoms with Gasteiger partial charge in [-0.15, -0.1) is 23.7 Å². The quantitative estimate of drug-likeness (QED) is 0.887. The van der Waals surface area contributed by atoms with Crippen LogP contribution in [0.4, 0.5) is 0 Å². The Morgan fingerprint density at radius 3 is 2.57 bits per heavy atom. The van der Waals surface area contributed by atoms with Gasteiger partial charge in [-0.05, 0) is 25.5 Å². The van der Waals surface area contributed by atoms with Crippen molar-refractivity contribution in [3.63, 3.8) is 0 Å². The maximum Gasteiger partial charge on any atom is 0.252 e. The van der Waals surface area contributed by atoms with Crippen LogP contribution in [0.3, 0.4) is 0 Å². The summed E-state index contributed by atoms with van der Waals surface area (Å²) in [6.45, 7) is 7.29. The zero-order chi connectivity index (χ0) is 14.2. The van der Waals surface area contributed by atoms with E-state index in [-0.39, 0.29) is 12.4 Å². The van der Waals surface area contributed by atoms with Crippen molar-refractivity contribution < 1.29 is 8.42 Å². The molecule has 1 N–H and O–H groups in total. The molecule has 5 nitrogen and oxygen atoms in total. The van der Waals surface area contributed by atoms with Crippen LogP contribution in [0.5, 0.6) is 0 Å². The summed E-state index contributed by atoms with van der Waals surface area (Å²) in [6.07, 6.45) is 0.948. The number of hydrogen-bond acceptors (Lipinski definition) is 5. The van der Waals surface area contributed by atoms with Crippen LogP contribution in [0.25, 0.3) is 0 Å². The van der Waals surface area contributed by atoms with Crippen LogP contribution in [-0.2, 0) is 10.0 Å². The average Bonchev–Trinajstić information content (AvgIpc) is 3.09. The number of thiophene rings is 1. The van der Waals surface area contributed by atoms with Gasteiger partial charge in [0.2, 0.25) is 0 Å². The van der Waals surface area contributed by atoms with Gasteiger partial charge in [-0.25, -0.2) is 8.42 Å². The lowest BCUT2D eigenvalue weighted by Gasteiger charge is -2.32. The van der Waals surface area contributed by atoms with Gasteiger partial charge in [-0.2, -0.15) is 4.31 Å². The summed E-state index contributed by atoms with van der Waals surface area (Å²) in [7, 11) is -3.28. The third kappa shape index (κ3) is 3.60. The van der Waals surface area contributed by atoms with E-state index >= 15 is 0 Å². The fourth-order valence-corrected chi connectivity index (χ4v) is 5.88. The maximum absolute atomic E-state index is 12.6. The molecule has 8 heteroatoms. The van der Waals surface area contributed by atoms with Crippen LogP contribution in [-0.4, -0.2) is 62.9 Å². The van der Waals surface area contributed by atoms with Gasteiger partial charge in [0.1, 0.15) is 4.21 Å². The highest BCUT2D eigenvalue weighted by atomic mass is 35.5. The molecule has 0 bridgehead atoms. The SMILES string of the molecule is Cc1ccc(S(=O)(=O)N2CCC(N3CCNCC3)C2)s1.Cl. The number of nitrogens with one attached hydrogen (secondary N) is 1. The predicted octanol–water partition coefficient (Wildman–Crippen LogP) is 1.15. The Morgan fingerprint density at radius 1 is 1.24 bits per heavy atom. The summed E-state index contributed by atoms with van der Waals surface area (Å²) in [6, 6.07) is 3.99. The van der Waals surface area contributed by atoms with E-state index in [0.717, 1.165) is 37.5 Å². The minimum Gasteiger partial charge on any atom is -0.314 e. The largest absolute Gasteiger partial charge is 0.314 e. The molecule has 1 aromatic rings. The summed E-state index contributed by atoms with van der Waals surface area (Å²) in [5.41, 5.74) is 0. The van der Waals surface area contributed by atoms with E-state index in [1.807, 2.05) is 13.0 Å². The first-order chi connectivity index (χ1) is 9.57. The Hall–Kier alpha value is -0.180. The van der Waals surface area contributed by atoms with Crippen LogP contribution in [0.15, 0.2) is 16.3 Å². The second-order valence-corrected chi connectivity index (χ2v) is 8.91. The van der Waals surface area contributed by atoms with Gasteiger partial charge < -0.3 is 5.32 Å². The molecule has 2 fully saturated rings. The van der Waals surface area contributed by atoms with Gasteiger partial charge in [0.15, 0.2) is 0 Å². The minimum absolute atomic E-state index is 0. The molecule has 2 saturated heterocycles. The molecule has 0 radical (unpaired) electrons. The first-order valence-electron chi connectivity index (χ1n) is 7.09. The average molecular weight is 352 g/mol. The molecule has 2 aliphatic heterocycles. The third-order valence-corrected chi connectivity index (χ3v) is 7.44. The van der Waals surface area contributed by atoms with Gasteiger partial charge in [-0.1, -0.05) is 0 Å². The number of piperazine rings is 1. The number of nitrogens with zero attached hydrogens (tertiary/aromatic N) is 2. The van der Waals surface area contributed by atoms with Crippen molar-refractivity contribution >= 4 is 33.8 Å². The molecule has 0 saturated carbocycles. The topological polar surface area (TPSA) is 52.7 Å². The van der Waals surface area contributed by atoms with Gasteiger partial charge in [0.25, 0.3) is 10.0 Å². The number of sulfonamides is 1. The Balaban J connectivity index is 0.00000161. The standard InChI is InChI=1S/C13H21N3O2S2.ClH/c1-11-2-3-13(19-11)20(17,18)16-7-4-12(10-16)15-8-5-14-6-9-15;/h2-3,12,14H,4-10H2,1H3;1H. The highest BCUT2D eigenvalue weighted by Crippen LogP contribution is 2.28. The number of rotatable bonds is 3. The van der Waals surface area contributed by atoms with Gasteiger partial charge >= 0.3 is 0 Å². The fraction of sp³-hybridized carbons (Fsp3) is 0.692. The van der Waals surface area contributed by atoms with E-state index in [1.54, 1.807) is 10.4 Å². The molecule has 1 atom stereocenters. The van der Waals surface area contributed by atoms with Gasteiger partial charge in [-0.3, -0.25) is 4.90 Å². The van der Waals surface area contributed by atoms with Crippen molar-refractivity contribution in [2.45, 2.75) is 23.6 Å². The normalized spacial score (nSPS) is 24.9. The van der Waals surface area contributed by atoms with Gasteiger partial charge in [0, 0.05) is 50.2 Å². The number of halogens is 1. The van der Waals surface area contributed by atoms with E-state index in [9.17, 15) is 8.42 Å². The zero-order valence-corrected chi connectivity index (χ0v) is 14.6. The lowest BCUT2D eigenvalue weighted by atomic mass is 10.2. The second-order valence-electron chi connectivity index (χ2n) is 5.46. The van der Waals surface area contributed by atoms with E-state index in [0.29, 0.717) is 23.3 Å². The van der Waals surface area contributed by atoms with Crippen LogP contribution in [0.2, 0.25) is 0 Å². The van der Waals surface area contributed by atoms with Crippen molar-refractivity contribution in [2.75, 3.05) is 39.3 Å². The summed E-state index contributed by atoms with van der Waals surface area (Å²) in [5, 5.41) is 3.34. The molecule has 1 unspecified atom stereocenters. The van der Waals surface area contributed by atoms with E-state index in [1.165, 1.54) is 11.3 Å². The minimum atomic E-state index is -3.28. The van der Waals surface area contributed by atoms with Crippen molar-refractivity contribution in [3.05, 3.63) is 17.0 Å². The lowest BCUT2D eigenvalue weighted by molar-refractivity contribution is 0.179. The van der Waals surface area contributed by atoms with Crippen molar-refractivity contribution in [3.8, 4) is 0 Å². The Morgan fingerprint density at radius 2 is 1.95 bits per heavy atom. The summed E-state index contributed by atoms with van der Waals surface area (Å²) < 4.78 is 27.3. The molecule has 0 spiro atoms. The molecular weight excluding hydrogens is 330 g/mol. The summed E-state index contributed by atoms with van der Waals surface area (Å²) in [4.78, 5) is 3.47. The molecular formula is C13H22ClN3O2S2. The lowest BCUT2D eigenvalue weighted by Crippen LogP contribution is -2.49. The van der Waals surface area contributed by atoms with Crippen molar-refractivity contribution in [2.24, 2.45) is 0 Å². The zero-order valence-electron chi connectivity index (χ0n) is 12.1. The molecule has 3 heterocycles. The molecule has 21 heavy (non-hydrogen) atoms. The highest BCUT2D eigenvalue weighted by molar-refractivity contribution is 7.91. The van der Waals surface area contributed by atoms with Crippen molar-refractivity contribution in [1.29, 1.82) is 0 Å². The first kappa shape index (κ1) is 17.2. The second kappa shape index (κ2) is 6.93. The van der Waals surface area contributed by atoms with Crippen molar-refractivity contribution in [1.82, 2.24) is 14.5 Å². The Bertz CT molecular complexity index is 570. The first-order valence-corrected chi connectivity index (χ1v) is 9.34. The number of aryl methyl sites for hydroxylation is 1. The summed E-state index contributed by atoms with van der Waals surface area (Å²) in [5.74, 6) is 0. The van der Waals surface area contributed by atoms with E-state index < -0.39 is 10.0 Å². The van der Waals surface area contributed by atoms with Crippen LogP contribution in [0.1, 0.15) is 11.3 Å². The molecule has 1 aromatic heterocycles. The molecule has 120 valence electrons. The highest BCUT2D eigenvalue weighted by Gasteiger charge is 2.35. The Kier molecular flexibility index (Phi) is 5.67. The molecule has 0 amide bonds. The van der Waals surface area contributed by atoms with E-state index in [4.69, 9.17) is 0 Å². The van der Waals surface area contributed by atoms with Crippen LogP contribution < -0.4 is 5.32 Å². The monoisotopic (exact) mass is 351 g/mol. The molecule has 3 rings (SSSR count). The molecule has 0 aliphatic carbocycles. The molecule has 0 aromatic carbocycles. The van der Waals surface area contributed by atoms with Gasteiger partial charge in [0.05, 0.1) is 0 Å². The summed E-state index contributed by atoms with van der Waals surface area (Å²) >= 11 is 1.37. The fourth-order valence-electron chi connectivity index (χ4n) is 2.95. The van der Waals surface area contributed by atoms with Crippen LogP contribution in [0, 0.1) is 6.92 Å². The maximum atomic E-state index is 12.6. The smallest absolute Gasteiger partial charge is 0.252 e. The third-order valence-electron chi connectivity index (χ3n) is 4.10. The van der Waals surface area contributed by atoms with Crippen LogP contribution >= 0.6 is 23.7 Å². The predicted molar refractivity (Wildman–Crippen MR) is 87.9 cm³/mol. The Labute approximate surface area is 136 Å². The molecule has 2 aliphatic rings. The van der Waals surface area contributed by atoms with E-state index in [2.05, 4.69) is 10.2 Å².